The van der Waals surface area contributed by atoms with Gasteiger partial charge in [0, 0.05) is 11.6 Å². The Labute approximate surface area is 147 Å². The molecule has 0 aromatic carbocycles. The summed E-state index contributed by atoms with van der Waals surface area (Å²) in [5.41, 5.74) is -0.182. The van der Waals surface area contributed by atoms with Gasteiger partial charge in [0.2, 0.25) is 12.0 Å². The van der Waals surface area contributed by atoms with Gasteiger partial charge in [-0.15, -0.1) is 0 Å². The maximum atomic E-state index is 11.4. The predicted octanol–water partition coefficient (Wildman–Crippen LogP) is -2.22. The van der Waals surface area contributed by atoms with Crippen LogP contribution in [-0.2, 0) is 23.8 Å². The number of hydrogen-bond acceptors (Lipinski definition) is 10. The number of rotatable bonds is 7. The van der Waals surface area contributed by atoms with E-state index in [0.717, 1.165) is 13.2 Å². The van der Waals surface area contributed by atoms with Gasteiger partial charge >= 0.3 is 11.9 Å². The van der Waals surface area contributed by atoms with Crippen LogP contribution >= 0.6 is 0 Å². The normalized spacial score (nSPS) is 29.6. The molecule has 144 valence electrons. The highest BCUT2D eigenvalue weighted by atomic mass is 16.7. The molecule has 11 nitrogen and oxygen atoms in total. The number of methoxy groups -OCH3 is 1. The van der Waals surface area contributed by atoms with Crippen LogP contribution in [0.25, 0.3) is 0 Å². The lowest BCUT2D eigenvalue weighted by atomic mass is 9.99. The molecular weight excluding hydrogens is 354 g/mol. The second-order valence-corrected chi connectivity index (χ2v) is 5.21. The van der Waals surface area contributed by atoms with Gasteiger partial charge in [0.25, 0.3) is 0 Å². The molecule has 0 bridgehead atoms. The van der Waals surface area contributed by atoms with E-state index in [9.17, 15) is 30.2 Å². The second-order valence-electron chi connectivity index (χ2n) is 5.21. The third kappa shape index (κ3) is 5.51. The lowest BCUT2D eigenvalue weighted by Crippen LogP contribution is -2.59. The van der Waals surface area contributed by atoms with E-state index in [-0.39, 0.29) is 5.57 Å². The Morgan fingerprint density at radius 1 is 1.19 bits per heavy atom. The van der Waals surface area contributed by atoms with Crippen molar-refractivity contribution in [3.05, 3.63) is 23.5 Å². The first-order valence-electron chi connectivity index (χ1n) is 7.33. The van der Waals surface area contributed by atoms with E-state index in [0.29, 0.717) is 6.08 Å². The Morgan fingerprint density at radius 3 is 2.35 bits per heavy atom. The Hall–Kier alpha value is -2.49. The highest BCUT2D eigenvalue weighted by Crippen LogP contribution is 2.25. The zero-order valence-corrected chi connectivity index (χ0v) is 13.7. The predicted molar refractivity (Wildman–Crippen MR) is 80.9 cm³/mol. The van der Waals surface area contributed by atoms with E-state index in [2.05, 4.69) is 4.74 Å². The zero-order valence-electron chi connectivity index (χ0n) is 13.7. The number of carbonyl (C=O) groups is 2. The molecule has 1 fully saturated rings. The lowest BCUT2D eigenvalue weighted by molar-refractivity contribution is -0.290. The number of ether oxygens (including phenoxy) is 3. The maximum Gasteiger partial charge on any atom is 0.328 e. The standard InChI is InChI=1S/C15H19NO10/c1-24-11(20)4-7(2-3-10(18)19)8(5-16)25-15-14(23)13(22)12(21)9(6-17)26-15/h2-3,9,12-15,17,21-23H,4,6H2,1H3,(H,18,19). The molecular formula is C15H19NO10. The monoisotopic (exact) mass is 373 g/mol. The minimum absolute atomic E-state index is 0.182. The van der Waals surface area contributed by atoms with Crippen LogP contribution in [0.4, 0.5) is 0 Å². The molecule has 0 aliphatic carbocycles. The molecule has 5 atom stereocenters. The summed E-state index contributed by atoms with van der Waals surface area (Å²) < 4.78 is 14.7. The van der Waals surface area contributed by atoms with E-state index in [1.54, 1.807) is 6.07 Å². The summed E-state index contributed by atoms with van der Waals surface area (Å²) in [6, 6.07) is 1.59. The van der Waals surface area contributed by atoms with Gasteiger partial charge in [0.1, 0.15) is 30.5 Å². The average Bonchev–Trinajstić information content (AvgIpc) is 2.62. The van der Waals surface area contributed by atoms with E-state index in [4.69, 9.17) is 19.7 Å². The molecule has 11 heteroatoms. The summed E-state index contributed by atoms with van der Waals surface area (Å²) in [6.45, 7) is -0.704. The van der Waals surface area contributed by atoms with Crippen LogP contribution in [0.5, 0.6) is 0 Å². The van der Waals surface area contributed by atoms with Crippen molar-refractivity contribution in [1.29, 1.82) is 5.26 Å². The fourth-order valence-corrected chi connectivity index (χ4v) is 2.07. The summed E-state index contributed by atoms with van der Waals surface area (Å²) in [6.07, 6.45) is -6.98. The number of aliphatic hydroxyl groups is 4. The van der Waals surface area contributed by atoms with Crippen LogP contribution in [0.3, 0.4) is 0 Å². The first kappa shape index (κ1) is 21.6. The van der Waals surface area contributed by atoms with Gasteiger partial charge < -0.3 is 39.7 Å². The van der Waals surface area contributed by atoms with Crippen molar-refractivity contribution in [2.45, 2.75) is 37.1 Å². The third-order valence-corrected chi connectivity index (χ3v) is 3.47. The van der Waals surface area contributed by atoms with Gasteiger partial charge in [-0.3, -0.25) is 4.79 Å². The van der Waals surface area contributed by atoms with Crippen LogP contribution < -0.4 is 0 Å². The Morgan fingerprint density at radius 2 is 1.85 bits per heavy atom. The van der Waals surface area contributed by atoms with Gasteiger partial charge in [-0.05, 0) is 6.08 Å². The molecule has 1 rings (SSSR count). The summed E-state index contributed by atoms with van der Waals surface area (Å²) in [5, 5.41) is 56.4. The Bertz CT molecular complexity index is 620. The third-order valence-electron chi connectivity index (χ3n) is 3.47. The summed E-state index contributed by atoms with van der Waals surface area (Å²) in [7, 11) is 1.09. The minimum atomic E-state index is -1.78. The fraction of sp³-hybridized carbons (Fsp3) is 0.533. The quantitative estimate of drug-likeness (QED) is 0.107. The molecule has 5 unspecified atom stereocenters. The topological polar surface area (TPSA) is 187 Å². The molecule has 1 heterocycles. The van der Waals surface area contributed by atoms with Crippen LogP contribution in [0, 0.1) is 11.3 Å². The molecule has 0 aromatic heterocycles. The maximum absolute atomic E-state index is 11.4. The molecule has 0 radical (unpaired) electrons. The van der Waals surface area contributed by atoms with E-state index in [1.807, 2.05) is 0 Å². The largest absolute Gasteiger partial charge is 0.478 e. The first-order chi connectivity index (χ1) is 12.2. The molecule has 5 N–H and O–H groups in total. The number of nitriles is 1. The van der Waals surface area contributed by atoms with Gasteiger partial charge in [0.05, 0.1) is 20.1 Å². The van der Waals surface area contributed by atoms with Crippen molar-refractivity contribution in [2.75, 3.05) is 13.7 Å². The molecule has 0 saturated carbocycles. The van der Waals surface area contributed by atoms with Crippen molar-refractivity contribution < 1.29 is 49.3 Å². The number of carboxylic acids is 1. The van der Waals surface area contributed by atoms with E-state index < -0.39 is 61.4 Å². The number of esters is 1. The van der Waals surface area contributed by atoms with Gasteiger partial charge in [-0.1, -0.05) is 0 Å². The number of nitrogens with zero attached hydrogens (tertiary/aromatic N) is 1. The summed E-state index contributed by atoms with van der Waals surface area (Å²) >= 11 is 0. The van der Waals surface area contributed by atoms with E-state index in [1.165, 1.54) is 0 Å². The Balaban J connectivity index is 3.14. The van der Waals surface area contributed by atoms with Crippen molar-refractivity contribution in [1.82, 2.24) is 0 Å². The molecule has 0 aromatic rings. The number of allylic oxidation sites excluding steroid dienone is 2. The zero-order chi connectivity index (χ0) is 19.9. The average molecular weight is 373 g/mol. The van der Waals surface area contributed by atoms with Gasteiger partial charge in [-0.2, -0.15) is 5.26 Å². The van der Waals surface area contributed by atoms with Crippen LogP contribution in [0.2, 0.25) is 0 Å². The second kappa shape index (κ2) is 9.85. The van der Waals surface area contributed by atoms with Crippen LogP contribution in [0.15, 0.2) is 23.5 Å². The lowest BCUT2D eigenvalue weighted by Gasteiger charge is -2.39. The molecule has 1 aliphatic rings. The highest BCUT2D eigenvalue weighted by molar-refractivity contribution is 5.81. The van der Waals surface area contributed by atoms with Crippen molar-refractivity contribution >= 4 is 11.9 Å². The van der Waals surface area contributed by atoms with Crippen LogP contribution in [-0.4, -0.2) is 81.9 Å². The molecule has 0 spiro atoms. The number of hydrogen-bond donors (Lipinski definition) is 5. The first-order valence-corrected chi connectivity index (χ1v) is 7.33. The molecule has 1 saturated heterocycles. The fourth-order valence-electron chi connectivity index (χ4n) is 2.07. The van der Waals surface area contributed by atoms with Gasteiger partial charge in [-0.25, -0.2) is 4.79 Å². The van der Waals surface area contributed by atoms with Crippen molar-refractivity contribution in [3.63, 3.8) is 0 Å². The minimum Gasteiger partial charge on any atom is -0.478 e. The smallest absolute Gasteiger partial charge is 0.328 e. The number of aliphatic carboxylic acids is 1. The number of aliphatic hydroxyl groups excluding tert-OH is 4. The van der Waals surface area contributed by atoms with Crippen molar-refractivity contribution in [2.24, 2.45) is 0 Å². The number of carbonyl (C=O) groups excluding carboxylic acids is 1. The Kier molecular flexibility index (Phi) is 8.17. The van der Waals surface area contributed by atoms with E-state index >= 15 is 0 Å². The van der Waals surface area contributed by atoms with Crippen molar-refractivity contribution in [3.8, 4) is 6.07 Å². The van der Waals surface area contributed by atoms with Gasteiger partial charge in [0.15, 0.2) is 0 Å². The number of carboxylic acid groups (broad SMARTS) is 1. The molecule has 26 heavy (non-hydrogen) atoms. The highest BCUT2D eigenvalue weighted by Gasteiger charge is 2.45. The summed E-state index contributed by atoms with van der Waals surface area (Å²) in [4.78, 5) is 22.1. The SMILES string of the molecule is COC(=O)CC(C=CC(=O)O)=C(C#N)OC1OC(CO)C(O)C(O)C1O. The molecule has 1 aliphatic heterocycles. The molecule has 0 amide bonds. The van der Waals surface area contributed by atoms with Crippen LogP contribution in [0.1, 0.15) is 6.42 Å². The summed E-state index contributed by atoms with van der Waals surface area (Å²) in [5.74, 6) is -2.71.